The van der Waals surface area contributed by atoms with Crippen LogP contribution >= 0.6 is 11.3 Å². The molecule has 0 fully saturated rings. The number of nitrogens with two attached hydrogens (primary N) is 2. The number of nitrogens with zero attached hydrogens (tertiary/aromatic N) is 3. The van der Waals surface area contributed by atoms with E-state index in [2.05, 4.69) is 15.0 Å². The Hall–Kier alpha value is -2.54. The van der Waals surface area contributed by atoms with E-state index in [0.29, 0.717) is 23.5 Å². The predicted molar refractivity (Wildman–Crippen MR) is 93.1 cm³/mol. The van der Waals surface area contributed by atoms with Crippen molar-refractivity contribution >= 4 is 34.9 Å². The second-order valence-corrected chi connectivity index (χ2v) is 5.94. The summed E-state index contributed by atoms with van der Waals surface area (Å²) in [5.74, 6) is 0.104. The molecule has 0 unspecified atom stereocenters. The number of anilines is 1. The average Bonchev–Trinajstić information content (AvgIpc) is 2.82. The lowest BCUT2D eigenvalue weighted by Crippen LogP contribution is -2.15. The van der Waals surface area contributed by atoms with Gasteiger partial charge in [0.1, 0.15) is 5.01 Å². The summed E-state index contributed by atoms with van der Waals surface area (Å²) in [6, 6.07) is 7.20. The number of aliphatic imine (C=N–C) groups is 2. The number of guanidine groups is 1. The Balaban J connectivity index is 2.20. The third-order valence-electron chi connectivity index (χ3n) is 3.06. The van der Waals surface area contributed by atoms with Crippen molar-refractivity contribution in [3.63, 3.8) is 0 Å². The van der Waals surface area contributed by atoms with Crippen LogP contribution in [0.25, 0.3) is 0 Å². The minimum Gasteiger partial charge on any atom is -0.398 e. The van der Waals surface area contributed by atoms with Crippen LogP contribution in [0.3, 0.4) is 0 Å². The van der Waals surface area contributed by atoms with Crippen molar-refractivity contribution in [3.05, 3.63) is 45.4 Å². The fourth-order valence-corrected chi connectivity index (χ4v) is 2.67. The van der Waals surface area contributed by atoms with Gasteiger partial charge in [-0.1, -0.05) is 18.2 Å². The largest absolute Gasteiger partial charge is 0.398 e. The van der Waals surface area contributed by atoms with Crippen molar-refractivity contribution < 1.29 is 0 Å². The van der Waals surface area contributed by atoms with Gasteiger partial charge >= 0.3 is 0 Å². The van der Waals surface area contributed by atoms with E-state index < -0.39 is 0 Å². The van der Waals surface area contributed by atoms with Gasteiger partial charge in [0.15, 0.2) is 0 Å². The Morgan fingerprint density at radius 1 is 1.36 bits per heavy atom. The van der Waals surface area contributed by atoms with E-state index >= 15 is 0 Å². The van der Waals surface area contributed by atoms with E-state index in [0.717, 1.165) is 16.9 Å². The van der Waals surface area contributed by atoms with Crippen LogP contribution in [-0.2, 0) is 6.54 Å². The van der Waals surface area contributed by atoms with E-state index in [1.54, 1.807) is 23.5 Å². The van der Waals surface area contributed by atoms with E-state index in [4.69, 9.17) is 16.9 Å². The van der Waals surface area contributed by atoms with Gasteiger partial charge in [-0.05, 0) is 19.9 Å². The monoisotopic (exact) mass is 314 g/mol. The first kappa shape index (κ1) is 15.8. The summed E-state index contributed by atoms with van der Waals surface area (Å²) < 4.78 is 0. The van der Waals surface area contributed by atoms with Gasteiger partial charge in [0, 0.05) is 22.3 Å². The first-order valence-electron chi connectivity index (χ1n) is 6.68. The number of rotatable bonds is 4. The fraction of sp³-hybridized carbons (Fsp3) is 0.200. The minimum atomic E-state index is 0.104. The molecule has 1 aromatic heterocycles. The molecule has 7 heteroatoms. The second kappa shape index (κ2) is 6.95. The Morgan fingerprint density at radius 3 is 2.68 bits per heavy atom. The molecular weight excluding hydrogens is 296 g/mol. The number of hydrogen-bond acceptors (Lipinski definition) is 5. The van der Waals surface area contributed by atoms with Gasteiger partial charge in [-0.3, -0.25) is 0 Å². The molecule has 0 radical (unpaired) electrons. The first-order chi connectivity index (χ1) is 10.5. The van der Waals surface area contributed by atoms with Crippen LogP contribution in [0.4, 0.5) is 5.69 Å². The number of nitrogen functional groups attached to an aromatic ring is 1. The Bertz CT molecular complexity index is 725. The molecular formula is C15H18N6S. The highest BCUT2D eigenvalue weighted by molar-refractivity contribution is 7.11. The summed E-state index contributed by atoms with van der Waals surface area (Å²) in [7, 11) is 0. The number of thiazole rings is 1. The van der Waals surface area contributed by atoms with Crippen LogP contribution in [0.2, 0.25) is 0 Å². The van der Waals surface area contributed by atoms with Crippen molar-refractivity contribution in [2.24, 2.45) is 15.7 Å². The van der Waals surface area contributed by atoms with Crippen LogP contribution in [-0.4, -0.2) is 22.9 Å². The summed E-state index contributed by atoms with van der Waals surface area (Å²) in [6.45, 7) is 4.36. The predicted octanol–water partition coefficient (Wildman–Crippen LogP) is 2.30. The Kier molecular flexibility index (Phi) is 5.00. The molecule has 2 aromatic rings. The maximum Gasteiger partial charge on any atom is 0.216 e. The zero-order valence-electron chi connectivity index (χ0n) is 12.5. The molecule has 0 aliphatic heterocycles. The van der Waals surface area contributed by atoms with Crippen molar-refractivity contribution in [3.8, 4) is 0 Å². The maximum absolute atomic E-state index is 7.48. The van der Waals surface area contributed by atoms with E-state index in [-0.39, 0.29) is 5.96 Å². The van der Waals surface area contributed by atoms with Gasteiger partial charge in [-0.15, -0.1) is 11.3 Å². The summed E-state index contributed by atoms with van der Waals surface area (Å²) in [5.41, 5.74) is 14.3. The standard InChI is InChI=1S/C15H18N6S/c1-9-10(2)22-14(20-9)8-19-15(18)21-13(7-16)11-5-3-4-6-12(11)17/h3-7,16H,8,17H2,1-2H3,(H2,18,19)/b16-7?,21-13+. The van der Waals surface area contributed by atoms with Crippen LogP contribution in [0.15, 0.2) is 34.3 Å². The molecule has 0 spiro atoms. The van der Waals surface area contributed by atoms with E-state index in [1.807, 2.05) is 26.0 Å². The molecule has 0 saturated carbocycles. The van der Waals surface area contributed by atoms with E-state index in [1.165, 1.54) is 4.88 Å². The van der Waals surface area contributed by atoms with Crippen molar-refractivity contribution in [1.29, 1.82) is 5.41 Å². The fourth-order valence-electron chi connectivity index (χ4n) is 1.81. The topological polar surface area (TPSA) is 113 Å². The summed E-state index contributed by atoms with van der Waals surface area (Å²) >= 11 is 1.59. The van der Waals surface area contributed by atoms with Crippen LogP contribution in [0.5, 0.6) is 0 Å². The normalized spacial score (nSPS) is 12.5. The lowest BCUT2D eigenvalue weighted by atomic mass is 10.1. The SMILES string of the molecule is Cc1nc(CN=C(N)/N=C(\C=N)c2ccccc2N)sc1C. The Morgan fingerprint density at radius 2 is 2.09 bits per heavy atom. The van der Waals surface area contributed by atoms with Crippen molar-refractivity contribution in [2.45, 2.75) is 20.4 Å². The number of nitrogens with one attached hydrogen (secondary N) is 1. The van der Waals surface area contributed by atoms with E-state index in [9.17, 15) is 0 Å². The molecule has 6 nitrogen and oxygen atoms in total. The molecule has 0 aliphatic rings. The summed E-state index contributed by atoms with van der Waals surface area (Å²) in [6.07, 6.45) is 1.12. The molecule has 0 amide bonds. The van der Waals surface area contributed by atoms with Crippen LogP contribution in [0.1, 0.15) is 21.1 Å². The summed E-state index contributed by atoms with van der Waals surface area (Å²) in [5, 5.41) is 8.38. The second-order valence-electron chi connectivity index (χ2n) is 4.65. The molecule has 0 aliphatic carbocycles. The summed E-state index contributed by atoms with van der Waals surface area (Å²) in [4.78, 5) is 13.9. The zero-order chi connectivity index (χ0) is 16.1. The van der Waals surface area contributed by atoms with Crippen LogP contribution < -0.4 is 11.5 Å². The third-order valence-corrected chi connectivity index (χ3v) is 4.12. The highest BCUT2D eigenvalue weighted by Gasteiger charge is 2.06. The quantitative estimate of drug-likeness (QED) is 0.457. The van der Waals surface area contributed by atoms with Crippen LogP contribution in [0, 0.1) is 19.3 Å². The van der Waals surface area contributed by atoms with Gasteiger partial charge in [-0.25, -0.2) is 15.0 Å². The molecule has 2 rings (SSSR count). The van der Waals surface area contributed by atoms with Crippen molar-refractivity contribution in [1.82, 2.24) is 4.98 Å². The number of aromatic nitrogens is 1. The molecule has 5 N–H and O–H groups in total. The molecule has 1 heterocycles. The lowest BCUT2D eigenvalue weighted by Gasteiger charge is -2.04. The molecule has 0 saturated heterocycles. The molecule has 1 aromatic carbocycles. The number of hydrogen-bond donors (Lipinski definition) is 3. The van der Waals surface area contributed by atoms with Gasteiger partial charge in [-0.2, -0.15) is 0 Å². The average molecular weight is 314 g/mol. The lowest BCUT2D eigenvalue weighted by molar-refractivity contribution is 1.01. The molecule has 0 bridgehead atoms. The number of para-hydroxylation sites is 1. The highest BCUT2D eigenvalue weighted by Crippen LogP contribution is 2.17. The maximum atomic E-state index is 7.48. The number of aryl methyl sites for hydroxylation is 2. The number of benzene rings is 1. The molecule has 22 heavy (non-hydrogen) atoms. The minimum absolute atomic E-state index is 0.104. The van der Waals surface area contributed by atoms with Crippen molar-refractivity contribution in [2.75, 3.05) is 5.73 Å². The van der Waals surface area contributed by atoms with Gasteiger partial charge in [0.05, 0.1) is 18.0 Å². The van der Waals surface area contributed by atoms with Gasteiger partial charge < -0.3 is 16.9 Å². The zero-order valence-corrected chi connectivity index (χ0v) is 13.3. The highest BCUT2D eigenvalue weighted by atomic mass is 32.1. The smallest absolute Gasteiger partial charge is 0.216 e. The molecule has 114 valence electrons. The molecule has 0 atom stereocenters. The van der Waals surface area contributed by atoms with Gasteiger partial charge in [0.25, 0.3) is 0 Å². The van der Waals surface area contributed by atoms with Gasteiger partial charge in [0.2, 0.25) is 5.96 Å². The Labute approximate surface area is 133 Å². The first-order valence-corrected chi connectivity index (χ1v) is 7.49. The third kappa shape index (κ3) is 3.76.